The Balaban J connectivity index is 2.81. The van der Waals surface area contributed by atoms with Crippen molar-refractivity contribution in [2.75, 3.05) is 20.1 Å². The summed E-state index contributed by atoms with van der Waals surface area (Å²) in [5, 5.41) is 14.2. The van der Waals surface area contributed by atoms with Crippen LogP contribution in [0.15, 0.2) is 41.9 Å². The fraction of sp³-hybridized carbons (Fsp3) is 0.438. The van der Waals surface area contributed by atoms with E-state index in [-0.39, 0.29) is 17.2 Å². The summed E-state index contributed by atoms with van der Waals surface area (Å²) in [5.41, 5.74) is 0.721. The minimum Gasteiger partial charge on any atom is -0.357 e. The van der Waals surface area contributed by atoms with Gasteiger partial charge < -0.3 is 10.2 Å². The molecule has 0 aliphatic rings. The van der Waals surface area contributed by atoms with Crippen molar-refractivity contribution in [1.82, 2.24) is 10.2 Å². The quantitative estimate of drug-likeness (QED) is 0.200. The zero-order chi connectivity index (χ0) is 16.4. The third-order valence-electron chi connectivity index (χ3n) is 3.19. The molecular formula is C16H24N4O2. The van der Waals surface area contributed by atoms with Crippen LogP contribution >= 0.6 is 0 Å². The van der Waals surface area contributed by atoms with Gasteiger partial charge in [0, 0.05) is 26.2 Å². The van der Waals surface area contributed by atoms with Crippen molar-refractivity contribution in [3.05, 3.63) is 52.6 Å². The number of rotatable bonds is 8. The SMILES string of the molecule is C=CCCCN(C)C(=NCc1ccccc1[N+](=O)[O-])NCC. The minimum absolute atomic E-state index is 0.108. The van der Waals surface area contributed by atoms with Gasteiger partial charge in [-0.15, -0.1) is 6.58 Å². The zero-order valence-electron chi connectivity index (χ0n) is 13.3. The van der Waals surface area contributed by atoms with Crippen molar-refractivity contribution in [2.24, 2.45) is 4.99 Å². The Labute approximate surface area is 131 Å². The molecule has 0 fully saturated rings. The molecule has 22 heavy (non-hydrogen) atoms. The summed E-state index contributed by atoms with van der Waals surface area (Å²) in [6.45, 7) is 7.60. The molecule has 0 aliphatic heterocycles. The molecule has 1 N–H and O–H groups in total. The van der Waals surface area contributed by atoms with Gasteiger partial charge in [0.25, 0.3) is 5.69 Å². The second-order valence-corrected chi connectivity index (χ2v) is 4.91. The third-order valence-corrected chi connectivity index (χ3v) is 3.19. The van der Waals surface area contributed by atoms with Gasteiger partial charge in [-0.05, 0) is 19.8 Å². The molecule has 0 saturated carbocycles. The molecule has 1 aromatic rings. The van der Waals surface area contributed by atoms with Crippen LogP contribution in [0.4, 0.5) is 5.69 Å². The number of allylic oxidation sites excluding steroid dienone is 1. The van der Waals surface area contributed by atoms with E-state index in [4.69, 9.17) is 0 Å². The van der Waals surface area contributed by atoms with Crippen molar-refractivity contribution in [3.8, 4) is 0 Å². The molecule has 0 heterocycles. The van der Waals surface area contributed by atoms with Crippen LogP contribution in [0, 0.1) is 10.1 Å². The Hall–Kier alpha value is -2.37. The number of unbranched alkanes of at least 4 members (excludes halogenated alkanes) is 1. The minimum atomic E-state index is -0.369. The normalized spacial score (nSPS) is 11.1. The van der Waals surface area contributed by atoms with Gasteiger partial charge in [-0.3, -0.25) is 10.1 Å². The van der Waals surface area contributed by atoms with Crippen LogP contribution in [-0.2, 0) is 6.54 Å². The summed E-state index contributed by atoms with van der Waals surface area (Å²) < 4.78 is 0. The van der Waals surface area contributed by atoms with Crippen LogP contribution in [-0.4, -0.2) is 35.9 Å². The fourth-order valence-corrected chi connectivity index (χ4v) is 2.03. The number of aliphatic imine (C=N–C) groups is 1. The van der Waals surface area contributed by atoms with Crippen molar-refractivity contribution in [3.63, 3.8) is 0 Å². The molecule has 6 heteroatoms. The zero-order valence-corrected chi connectivity index (χ0v) is 13.3. The monoisotopic (exact) mass is 304 g/mol. The Bertz CT molecular complexity index is 529. The lowest BCUT2D eigenvalue weighted by Gasteiger charge is -2.21. The second-order valence-electron chi connectivity index (χ2n) is 4.91. The third kappa shape index (κ3) is 5.55. The highest BCUT2D eigenvalue weighted by Crippen LogP contribution is 2.18. The number of hydrogen-bond acceptors (Lipinski definition) is 3. The summed E-state index contributed by atoms with van der Waals surface area (Å²) in [4.78, 5) is 17.2. The van der Waals surface area contributed by atoms with Gasteiger partial charge in [0.05, 0.1) is 17.0 Å². The van der Waals surface area contributed by atoms with Gasteiger partial charge in [0.15, 0.2) is 5.96 Å². The maximum absolute atomic E-state index is 11.0. The van der Waals surface area contributed by atoms with E-state index in [0.29, 0.717) is 5.56 Å². The first-order valence-electron chi connectivity index (χ1n) is 7.42. The molecule has 1 rings (SSSR count). The van der Waals surface area contributed by atoms with Crippen LogP contribution in [0.2, 0.25) is 0 Å². The number of nitrogens with zero attached hydrogens (tertiary/aromatic N) is 3. The van der Waals surface area contributed by atoms with Crippen LogP contribution in [0.25, 0.3) is 0 Å². The molecule has 0 spiro atoms. The second kappa shape index (κ2) is 9.55. The van der Waals surface area contributed by atoms with E-state index in [1.165, 1.54) is 6.07 Å². The van der Waals surface area contributed by atoms with Gasteiger partial charge in [-0.25, -0.2) is 4.99 Å². The Morgan fingerprint density at radius 2 is 2.23 bits per heavy atom. The molecule has 0 bridgehead atoms. The predicted octanol–water partition coefficient (Wildman–Crippen LogP) is 2.96. The fourth-order valence-electron chi connectivity index (χ4n) is 2.03. The van der Waals surface area contributed by atoms with Crippen molar-refractivity contribution < 1.29 is 4.92 Å². The number of nitro groups is 1. The van der Waals surface area contributed by atoms with E-state index in [1.807, 2.05) is 24.9 Å². The standard InChI is InChI=1S/C16H24N4O2/c1-4-6-9-12-19(3)16(17-5-2)18-13-14-10-7-8-11-15(14)20(21)22/h4,7-8,10-11H,1,5-6,9,12-13H2,2-3H3,(H,17,18). The smallest absolute Gasteiger partial charge is 0.274 e. The predicted molar refractivity (Wildman–Crippen MR) is 90.0 cm³/mol. The lowest BCUT2D eigenvalue weighted by molar-refractivity contribution is -0.385. The molecule has 1 aromatic carbocycles. The van der Waals surface area contributed by atoms with E-state index in [1.54, 1.807) is 18.2 Å². The molecule has 0 unspecified atom stereocenters. The van der Waals surface area contributed by atoms with Gasteiger partial charge in [-0.1, -0.05) is 24.3 Å². The number of nitro benzene ring substituents is 1. The first-order valence-corrected chi connectivity index (χ1v) is 7.42. The number of nitrogens with one attached hydrogen (secondary N) is 1. The lowest BCUT2D eigenvalue weighted by Crippen LogP contribution is -2.39. The lowest BCUT2D eigenvalue weighted by atomic mass is 10.2. The highest BCUT2D eigenvalue weighted by Gasteiger charge is 2.12. The summed E-state index contributed by atoms with van der Waals surface area (Å²) in [6.07, 6.45) is 3.84. The Kier molecular flexibility index (Phi) is 7.67. The van der Waals surface area contributed by atoms with Crippen LogP contribution in [0.5, 0.6) is 0 Å². The van der Waals surface area contributed by atoms with Gasteiger partial charge in [-0.2, -0.15) is 0 Å². The van der Waals surface area contributed by atoms with E-state index >= 15 is 0 Å². The number of hydrogen-bond donors (Lipinski definition) is 1. The van der Waals surface area contributed by atoms with Crippen molar-refractivity contribution in [1.29, 1.82) is 0 Å². The molecule has 0 radical (unpaired) electrons. The molecule has 0 amide bonds. The van der Waals surface area contributed by atoms with Crippen molar-refractivity contribution in [2.45, 2.75) is 26.3 Å². The molecule has 120 valence electrons. The molecule has 0 aliphatic carbocycles. The number of para-hydroxylation sites is 1. The van der Waals surface area contributed by atoms with Crippen LogP contribution in [0.3, 0.4) is 0 Å². The van der Waals surface area contributed by atoms with E-state index in [2.05, 4.69) is 16.9 Å². The maximum atomic E-state index is 11.0. The summed E-state index contributed by atoms with van der Waals surface area (Å²) in [7, 11) is 1.96. The molecule has 0 saturated heterocycles. The number of guanidine groups is 1. The largest absolute Gasteiger partial charge is 0.357 e. The maximum Gasteiger partial charge on any atom is 0.274 e. The average molecular weight is 304 g/mol. The molecule has 6 nitrogen and oxygen atoms in total. The highest BCUT2D eigenvalue weighted by molar-refractivity contribution is 5.79. The summed E-state index contributed by atoms with van der Waals surface area (Å²) >= 11 is 0. The van der Waals surface area contributed by atoms with Crippen LogP contribution < -0.4 is 5.32 Å². The summed E-state index contributed by atoms with van der Waals surface area (Å²) in [5.74, 6) is 0.754. The first kappa shape index (κ1) is 17.7. The van der Waals surface area contributed by atoms with Crippen molar-refractivity contribution >= 4 is 11.6 Å². The molecular weight excluding hydrogens is 280 g/mol. The van der Waals surface area contributed by atoms with Gasteiger partial charge >= 0.3 is 0 Å². The van der Waals surface area contributed by atoms with Crippen LogP contribution in [0.1, 0.15) is 25.3 Å². The Morgan fingerprint density at radius 3 is 2.86 bits per heavy atom. The topological polar surface area (TPSA) is 70.8 Å². The molecule has 0 atom stereocenters. The summed E-state index contributed by atoms with van der Waals surface area (Å²) in [6, 6.07) is 6.70. The van der Waals surface area contributed by atoms with Gasteiger partial charge in [0.2, 0.25) is 0 Å². The first-order chi connectivity index (χ1) is 10.6. The van der Waals surface area contributed by atoms with E-state index < -0.39 is 0 Å². The van der Waals surface area contributed by atoms with E-state index in [0.717, 1.165) is 31.9 Å². The Morgan fingerprint density at radius 1 is 1.50 bits per heavy atom. The highest BCUT2D eigenvalue weighted by atomic mass is 16.6. The van der Waals surface area contributed by atoms with E-state index in [9.17, 15) is 10.1 Å². The molecule has 0 aromatic heterocycles. The number of benzene rings is 1. The average Bonchev–Trinajstić information content (AvgIpc) is 2.51. The van der Waals surface area contributed by atoms with Gasteiger partial charge in [0.1, 0.15) is 0 Å².